The van der Waals surface area contributed by atoms with Crippen molar-refractivity contribution in [2.75, 3.05) is 5.32 Å². The van der Waals surface area contributed by atoms with Gasteiger partial charge in [-0.3, -0.25) is 10.1 Å². The summed E-state index contributed by atoms with van der Waals surface area (Å²) in [7, 11) is 0. The van der Waals surface area contributed by atoms with Crippen LogP contribution in [-0.2, 0) is 0 Å². The van der Waals surface area contributed by atoms with Crippen molar-refractivity contribution in [1.29, 1.82) is 0 Å². The summed E-state index contributed by atoms with van der Waals surface area (Å²) in [6, 6.07) is 10.2. The number of phenols is 1. The smallest absolute Gasteiger partial charge is 0.274 e. The Morgan fingerprint density at radius 2 is 1.95 bits per heavy atom. The van der Waals surface area contributed by atoms with E-state index in [4.69, 9.17) is 0 Å². The van der Waals surface area contributed by atoms with E-state index in [1.54, 1.807) is 25.1 Å². The minimum Gasteiger partial charge on any atom is -0.508 e. The highest BCUT2D eigenvalue weighted by Gasteiger charge is 2.16. The van der Waals surface area contributed by atoms with E-state index in [0.717, 1.165) is 11.1 Å². The van der Waals surface area contributed by atoms with Crippen molar-refractivity contribution in [1.82, 2.24) is 0 Å². The number of rotatable bonds is 4. The topological polar surface area (TPSA) is 75.4 Å². The van der Waals surface area contributed by atoms with Crippen LogP contribution in [0.4, 0.5) is 11.4 Å². The van der Waals surface area contributed by atoms with Crippen molar-refractivity contribution in [2.45, 2.75) is 26.8 Å². The Balaban J connectivity index is 2.32. The minimum absolute atomic E-state index is 0.0839. The summed E-state index contributed by atoms with van der Waals surface area (Å²) in [4.78, 5) is 10.6. The molecule has 5 nitrogen and oxygen atoms in total. The number of anilines is 1. The maximum atomic E-state index is 11.0. The van der Waals surface area contributed by atoms with Crippen LogP contribution >= 0.6 is 0 Å². The highest BCUT2D eigenvalue weighted by Crippen LogP contribution is 2.31. The lowest BCUT2D eigenvalue weighted by atomic mass is 10.0. The number of nitrogens with one attached hydrogen (secondary N) is 1. The first kappa shape index (κ1) is 14.8. The van der Waals surface area contributed by atoms with E-state index in [9.17, 15) is 15.2 Å². The summed E-state index contributed by atoms with van der Waals surface area (Å²) in [5.41, 5.74) is 3.17. The summed E-state index contributed by atoms with van der Waals surface area (Å²) in [5, 5.41) is 24.1. The maximum absolute atomic E-state index is 11.0. The molecule has 110 valence electrons. The van der Waals surface area contributed by atoms with E-state index in [1.165, 1.54) is 6.07 Å². The number of benzene rings is 2. The quantitative estimate of drug-likeness (QED) is 0.655. The van der Waals surface area contributed by atoms with Gasteiger partial charge >= 0.3 is 0 Å². The number of aromatic hydroxyl groups is 1. The molecule has 0 aromatic heterocycles. The van der Waals surface area contributed by atoms with Crippen LogP contribution in [0.15, 0.2) is 36.4 Å². The highest BCUT2D eigenvalue weighted by molar-refractivity contribution is 5.61. The van der Waals surface area contributed by atoms with E-state index >= 15 is 0 Å². The molecule has 0 bridgehead atoms. The number of hydrogen-bond donors (Lipinski definition) is 2. The van der Waals surface area contributed by atoms with Crippen molar-refractivity contribution < 1.29 is 10.0 Å². The molecule has 0 saturated heterocycles. The lowest BCUT2D eigenvalue weighted by Crippen LogP contribution is -2.09. The highest BCUT2D eigenvalue weighted by atomic mass is 16.6. The Hall–Kier alpha value is -2.56. The van der Waals surface area contributed by atoms with Gasteiger partial charge in [0, 0.05) is 22.9 Å². The van der Waals surface area contributed by atoms with Crippen LogP contribution in [-0.4, -0.2) is 10.0 Å². The fraction of sp³-hybridized carbons (Fsp3) is 0.250. The molecule has 0 saturated carbocycles. The van der Waals surface area contributed by atoms with Crippen LogP contribution < -0.4 is 5.32 Å². The van der Waals surface area contributed by atoms with Gasteiger partial charge in [-0.1, -0.05) is 23.8 Å². The molecule has 0 radical (unpaired) electrons. The fourth-order valence-electron chi connectivity index (χ4n) is 2.31. The molecule has 1 atom stereocenters. The summed E-state index contributed by atoms with van der Waals surface area (Å²) in [6.45, 7) is 5.57. The van der Waals surface area contributed by atoms with Gasteiger partial charge in [0.1, 0.15) is 5.75 Å². The van der Waals surface area contributed by atoms with E-state index in [2.05, 4.69) is 5.32 Å². The Kier molecular flexibility index (Phi) is 4.12. The van der Waals surface area contributed by atoms with Crippen LogP contribution in [0, 0.1) is 24.0 Å². The Bertz CT molecular complexity index is 683. The number of hydrogen-bond acceptors (Lipinski definition) is 4. The monoisotopic (exact) mass is 286 g/mol. The zero-order valence-corrected chi connectivity index (χ0v) is 12.3. The first-order valence-electron chi connectivity index (χ1n) is 6.70. The Labute approximate surface area is 123 Å². The molecule has 2 rings (SSSR count). The molecule has 0 aliphatic rings. The molecule has 0 spiro atoms. The van der Waals surface area contributed by atoms with Crippen LogP contribution in [0.2, 0.25) is 0 Å². The number of nitro benzene ring substituents is 1. The van der Waals surface area contributed by atoms with Crippen molar-refractivity contribution in [2.24, 2.45) is 0 Å². The van der Waals surface area contributed by atoms with Gasteiger partial charge in [-0.15, -0.1) is 0 Å². The van der Waals surface area contributed by atoms with Crippen LogP contribution in [0.25, 0.3) is 0 Å². The van der Waals surface area contributed by atoms with Crippen molar-refractivity contribution in [3.05, 3.63) is 63.2 Å². The third-order valence-corrected chi connectivity index (χ3v) is 3.52. The van der Waals surface area contributed by atoms with Gasteiger partial charge in [-0.25, -0.2) is 0 Å². The summed E-state index contributed by atoms with van der Waals surface area (Å²) in [6.07, 6.45) is 0. The van der Waals surface area contributed by atoms with Gasteiger partial charge in [0.05, 0.1) is 11.0 Å². The zero-order valence-electron chi connectivity index (χ0n) is 12.3. The molecule has 0 aliphatic heterocycles. The second kappa shape index (κ2) is 5.83. The molecule has 0 fully saturated rings. The van der Waals surface area contributed by atoms with Crippen LogP contribution in [0.1, 0.15) is 29.7 Å². The fourth-order valence-corrected chi connectivity index (χ4v) is 2.31. The Morgan fingerprint density at radius 1 is 1.24 bits per heavy atom. The van der Waals surface area contributed by atoms with Gasteiger partial charge in [-0.05, 0) is 32.9 Å². The molecule has 21 heavy (non-hydrogen) atoms. The SMILES string of the molecule is Cc1ccc(O)c(C(C)Nc2cccc([N+](=O)[O-])c2C)c1. The number of nitro groups is 1. The first-order chi connectivity index (χ1) is 9.90. The number of phenolic OH excluding ortho intramolecular Hbond substituents is 1. The molecular formula is C16H18N2O3. The van der Waals surface area contributed by atoms with Crippen LogP contribution in [0.3, 0.4) is 0 Å². The standard InChI is InChI=1S/C16H18N2O3/c1-10-7-8-16(19)13(9-10)12(3)17-14-5-4-6-15(11(14)2)18(20)21/h4-9,12,17,19H,1-3H3. The summed E-state index contributed by atoms with van der Waals surface area (Å²) >= 11 is 0. The summed E-state index contributed by atoms with van der Waals surface area (Å²) < 4.78 is 0. The normalized spacial score (nSPS) is 12.0. The van der Waals surface area contributed by atoms with E-state index in [1.807, 2.05) is 26.0 Å². The van der Waals surface area contributed by atoms with E-state index in [0.29, 0.717) is 11.3 Å². The number of nitrogens with zero attached hydrogens (tertiary/aromatic N) is 1. The third-order valence-electron chi connectivity index (χ3n) is 3.52. The van der Waals surface area contributed by atoms with Gasteiger partial charge in [0.2, 0.25) is 0 Å². The molecule has 2 aromatic carbocycles. The molecular weight excluding hydrogens is 268 g/mol. The Morgan fingerprint density at radius 3 is 2.62 bits per heavy atom. The molecule has 2 aromatic rings. The third kappa shape index (κ3) is 3.13. The van der Waals surface area contributed by atoms with Crippen molar-refractivity contribution in [3.63, 3.8) is 0 Å². The average Bonchev–Trinajstić information content (AvgIpc) is 2.43. The van der Waals surface area contributed by atoms with Gasteiger partial charge in [-0.2, -0.15) is 0 Å². The minimum atomic E-state index is -0.394. The molecule has 0 amide bonds. The van der Waals surface area contributed by atoms with Crippen molar-refractivity contribution >= 4 is 11.4 Å². The van der Waals surface area contributed by atoms with Gasteiger partial charge in [0.25, 0.3) is 5.69 Å². The van der Waals surface area contributed by atoms with Gasteiger partial charge < -0.3 is 10.4 Å². The van der Waals surface area contributed by atoms with E-state index in [-0.39, 0.29) is 17.5 Å². The predicted molar refractivity (Wildman–Crippen MR) is 82.7 cm³/mol. The van der Waals surface area contributed by atoms with Crippen molar-refractivity contribution in [3.8, 4) is 5.75 Å². The second-order valence-electron chi connectivity index (χ2n) is 5.14. The lowest BCUT2D eigenvalue weighted by molar-refractivity contribution is -0.385. The van der Waals surface area contributed by atoms with E-state index < -0.39 is 4.92 Å². The molecule has 0 heterocycles. The second-order valence-corrected chi connectivity index (χ2v) is 5.14. The van der Waals surface area contributed by atoms with Crippen LogP contribution in [0.5, 0.6) is 5.75 Å². The first-order valence-corrected chi connectivity index (χ1v) is 6.70. The zero-order chi connectivity index (χ0) is 15.6. The molecule has 0 aliphatic carbocycles. The largest absolute Gasteiger partial charge is 0.508 e. The summed E-state index contributed by atoms with van der Waals surface area (Å²) in [5.74, 6) is 0.212. The predicted octanol–water partition coefficient (Wildman–Crippen LogP) is 4.09. The number of aryl methyl sites for hydroxylation is 1. The molecule has 2 N–H and O–H groups in total. The molecule has 5 heteroatoms. The van der Waals surface area contributed by atoms with Gasteiger partial charge in [0.15, 0.2) is 0 Å². The molecule has 1 unspecified atom stereocenters. The average molecular weight is 286 g/mol. The maximum Gasteiger partial charge on any atom is 0.274 e. The lowest BCUT2D eigenvalue weighted by Gasteiger charge is -2.19.